The van der Waals surface area contributed by atoms with Gasteiger partial charge in [-0.3, -0.25) is 9.89 Å². The van der Waals surface area contributed by atoms with Gasteiger partial charge in [0.1, 0.15) is 11.6 Å². The first-order chi connectivity index (χ1) is 15.4. The van der Waals surface area contributed by atoms with E-state index in [4.69, 9.17) is 0 Å². The fourth-order valence-electron chi connectivity index (χ4n) is 4.59. The van der Waals surface area contributed by atoms with Gasteiger partial charge in [-0.15, -0.1) is 0 Å². The van der Waals surface area contributed by atoms with Crippen LogP contribution < -0.4 is 0 Å². The number of rotatable bonds is 3. The number of pyridine rings is 1. The van der Waals surface area contributed by atoms with Gasteiger partial charge in [0.2, 0.25) is 0 Å². The number of benzene rings is 1. The van der Waals surface area contributed by atoms with Gasteiger partial charge in [-0.25, -0.2) is 13.3 Å². The van der Waals surface area contributed by atoms with Crippen LogP contribution in [0.5, 0.6) is 0 Å². The SMILES string of the molecule is Cc1nn2c(C(C)C)c(C(=O)N3CCc4cn[nH]c4C3)ccc2c1-c1c(F)cccc1F. The first kappa shape index (κ1) is 20.4. The summed E-state index contributed by atoms with van der Waals surface area (Å²) < 4.78 is 30.8. The second kappa shape index (κ2) is 7.55. The Balaban J connectivity index is 1.65. The minimum absolute atomic E-state index is 0.0391. The van der Waals surface area contributed by atoms with Crippen LogP contribution in [0, 0.1) is 18.6 Å². The summed E-state index contributed by atoms with van der Waals surface area (Å²) in [6, 6.07) is 7.30. The molecule has 0 aliphatic carbocycles. The highest BCUT2D eigenvalue weighted by atomic mass is 19.1. The average molecular weight is 435 g/mol. The Bertz CT molecular complexity index is 1330. The first-order valence-corrected chi connectivity index (χ1v) is 10.6. The second-order valence-corrected chi connectivity index (χ2v) is 8.49. The number of fused-ring (bicyclic) bond motifs is 2. The molecule has 4 aromatic rings. The maximum Gasteiger partial charge on any atom is 0.256 e. The molecule has 32 heavy (non-hydrogen) atoms. The van der Waals surface area contributed by atoms with Crippen molar-refractivity contribution in [3.63, 3.8) is 0 Å². The van der Waals surface area contributed by atoms with E-state index in [0.29, 0.717) is 41.1 Å². The van der Waals surface area contributed by atoms with Crippen molar-refractivity contribution >= 4 is 11.4 Å². The summed E-state index contributed by atoms with van der Waals surface area (Å²) in [5, 5.41) is 11.6. The number of carbonyl (C=O) groups excluding carboxylic acids is 1. The number of aromatic amines is 1. The summed E-state index contributed by atoms with van der Waals surface area (Å²) in [5.74, 6) is -1.42. The molecular weight excluding hydrogens is 412 g/mol. The smallest absolute Gasteiger partial charge is 0.256 e. The Morgan fingerprint density at radius 2 is 1.88 bits per heavy atom. The Labute approximate surface area is 183 Å². The van der Waals surface area contributed by atoms with Crippen molar-refractivity contribution in [2.24, 2.45) is 0 Å². The van der Waals surface area contributed by atoms with Gasteiger partial charge in [-0.1, -0.05) is 19.9 Å². The zero-order valence-corrected chi connectivity index (χ0v) is 18.1. The Kier molecular flexibility index (Phi) is 4.80. The first-order valence-electron chi connectivity index (χ1n) is 10.6. The molecule has 1 aliphatic heterocycles. The predicted molar refractivity (Wildman–Crippen MR) is 116 cm³/mol. The highest BCUT2D eigenvalue weighted by molar-refractivity contribution is 5.97. The lowest BCUT2D eigenvalue weighted by atomic mass is 9.98. The molecule has 0 saturated heterocycles. The lowest BCUT2D eigenvalue weighted by Gasteiger charge is -2.28. The molecule has 6 nitrogen and oxygen atoms in total. The highest BCUT2D eigenvalue weighted by Gasteiger charge is 2.28. The zero-order valence-electron chi connectivity index (χ0n) is 18.1. The fraction of sp³-hybridized carbons (Fsp3) is 0.292. The van der Waals surface area contributed by atoms with Crippen molar-refractivity contribution in [1.82, 2.24) is 24.7 Å². The third-order valence-corrected chi connectivity index (χ3v) is 6.09. The number of aromatic nitrogens is 4. The third-order valence-electron chi connectivity index (χ3n) is 6.09. The molecule has 0 bridgehead atoms. The van der Waals surface area contributed by atoms with E-state index >= 15 is 0 Å². The van der Waals surface area contributed by atoms with Crippen LogP contribution in [0.1, 0.15) is 52.8 Å². The molecule has 4 heterocycles. The van der Waals surface area contributed by atoms with E-state index in [1.807, 2.05) is 13.8 Å². The van der Waals surface area contributed by atoms with Gasteiger partial charge in [0.25, 0.3) is 5.91 Å². The molecule has 1 aromatic carbocycles. The molecule has 0 radical (unpaired) electrons. The largest absolute Gasteiger partial charge is 0.332 e. The number of halogens is 2. The Morgan fingerprint density at radius 3 is 2.59 bits per heavy atom. The van der Waals surface area contributed by atoms with E-state index in [9.17, 15) is 13.6 Å². The maximum atomic E-state index is 14.6. The molecule has 3 aromatic heterocycles. The molecule has 0 unspecified atom stereocenters. The minimum atomic E-state index is -0.641. The number of H-pyrrole nitrogens is 1. The van der Waals surface area contributed by atoms with E-state index in [1.54, 1.807) is 34.7 Å². The van der Waals surface area contributed by atoms with E-state index in [1.165, 1.54) is 18.2 Å². The average Bonchev–Trinajstić information content (AvgIpc) is 3.35. The molecule has 8 heteroatoms. The zero-order chi connectivity index (χ0) is 22.6. The van der Waals surface area contributed by atoms with E-state index < -0.39 is 11.6 Å². The number of nitrogens with one attached hydrogen (secondary N) is 1. The lowest BCUT2D eigenvalue weighted by Crippen LogP contribution is -2.36. The van der Waals surface area contributed by atoms with E-state index in [2.05, 4.69) is 15.3 Å². The monoisotopic (exact) mass is 435 g/mol. The van der Waals surface area contributed by atoms with Crippen molar-refractivity contribution in [3.8, 4) is 11.1 Å². The van der Waals surface area contributed by atoms with Gasteiger partial charge < -0.3 is 4.90 Å². The molecule has 5 rings (SSSR count). The van der Waals surface area contributed by atoms with Crippen LogP contribution in [0.15, 0.2) is 36.5 Å². The van der Waals surface area contributed by atoms with Crippen LogP contribution in [0.2, 0.25) is 0 Å². The van der Waals surface area contributed by atoms with Gasteiger partial charge in [-0.2, -0.15) is 10.2 Å². The summed E-state index contributed by atoms with van der Waals surface area (Å²) in [4.78, 5) is 15.3. The summed E-state index contributed by atoms with van der Waals surface area (Å²) in [7, 11) is 0. The predicted octanol–water partition coefficient (Wildman–Crippen LogP) is 4.63. The molecule has 1 N–H and O–H groups in total. The molecule has 0 spiro atoms. The fourth-order valence-corrected chi connectivity index (χ4v) is 4.59. The van der Waals surface area contributed by atoms with Crippen LogP contribution in [0.25, 0.3) is 16.6 Å². The van der Waals surface area contributed by atoms with Crippen LogP contribution in [0.4, 0.5) is 8.78 Å². The van der Waals surface area contributed by atoms with Crippen LogP contribution >= 0.6 is 0 Å². The molecule has 1 amide bonds. The number of amides is 1. The lowest BCUT2D eigenvalue weighted by molar-refractivity contribution is 0.0730. The van der Waals surface area contributed by atoms with Crippen molar-refractivity contribution in [3.05, 3.63) is 76.4 Å². The Morgan fingerprint density at radius 1 is 1.12 bits per heavy atom. The summed E-state index contributed by atoms with van der Waals surface area (Å²) in [6.07, 6.45) is 2.55. The van der Waals surface area contributed by atoms with Crippen LogP contribution in [-0.4, -0.2) is 37.2 Å². The summed E-state index contributed by atoms with van der Waals surface area (Å²) in [6.45, 7) is 6.76. The summed E-state index contributed by atoms with van der Waals surface area (Å²) >= 11 is 0. The molecule has 164 valence electrons. The second-order valence-electron chi connectivity index (χ2n) is 8.49. The molecule has 0 atom stereocenters. The van der Waals surface area contributed by atoms with Gasteiger partial charge in [0, 0.05) is 12.1 Å². The van der Waals surface area contributed by atoms with Crippen LogP contribution in [0.3, 0.4) is 0 Å². The standard InChI is InChI=1S/C24H23F2N5O/c1-13(2)23-16(24(32)30-10-9-15-11-27-28-19(15)12-30)7-8-20-21(14(3)29-31(20)23)22-17(25)5-4-6-18(22)26/h4-8,11,13H,9-10,12H2,1-3H3,(H,27,28). The molecule has 0 fully saturated rings. The Hall–Kier alpha value is -3.55. The number of carbonyl (C=O) groups is 1. The minimum Gasteiger partial charge on any atom is -0.332 e. The number of hydrogen-bond acceptors (Lipinski definition) is 3. The van der Waals surface area contributed by atoms with E-state index in [0.717, 1.165) is 17.7 Å². The van der Waals surface area contributed by atoms with Crippen molar-refractivity contribution in [1.29, 1.82) is 0 Å². The van der Waals surface area contributed by atoms with E-state index in [-0.39, 0.29) is 17.4 Å². The normalized spacial score (nSPS) is 13.8. The number of hydrogen-bond donors (Lipinski definition) is 1. The van der Waals surface area contributed by atoms with Crippen molar-refractivity contribution < 1.29 is 13.6 Å². The molecular formula is C24H23F2N5O. The quantitative estimate of drug-likeness (QED) is 0.510. The topological polar surface area (TPSA) is 66.3 Å². The van der Waals surface area contributed by atoms with Gasteiger partial charge in [0.15, 0.2) is 0 Å². The summed E-state index contributed by atoms with van der Waals surface area (Å²) in [5.41, 5.74) is 4.71. The highest BCUT2D eigenvalue weighted by Crippen LogP contribution is 2.35. The van der Waals surface area contributed by atoms with Crippen LogP contribution in [-0.2, 0) is 13.0 Å². The third kappa shape index (κ3) is 3.09. The van der Waals surface area contributed by atoms with Crippen molar-refractivity contribution in [2.75, 3.05) is 6.54 Å². The van der Waals surface area contributed by atoms with Crippen molar-refractivity contribution in [2.45, 2.75) is 39.7 Å². The number of nitrogens with zero attached hydrogens (tertiary/aromatic N) is 4. The van der Waals surface area contributed by atoms with Gasteiger partial charge in [-0.05, 0) is 49.1 Å². The molecule has 1 aliphatic rings. The van der Waals surface area contributed by atoms with Gasteiger partial charge >= 0.3 is 0 Å². The maximum absolute atomic E-state index is 14.6. The molecule has 0 saturated carbocycles. The van der Waals surface area contributed by atoms with Gasteiger partial charge in [0.05, 0.1) is 46.5 Å². The number of aryl methyl sites for hydroxylation is 1.